The second kappa shape index (κ2) is 8.47. The lowest BCUT2D eigenvalue weighted by Crippen LogP contribution is -2.31. The fraction of sp³-hybridized carbons (Fsp3) is 0.909. The largest absolute Gasteiger partial charge is 0.469 e. The quantitative estimate of drug-likeness (QED) is 0.638. The maximum absolute atomic E-state index is 11.6. The minimum absolute atomic E-state index is 0.0255. The van der Waals surface area contributed by atoms with E-state index >= 15 is 0 Å². The summed E-state index contributed by atoms with van der Waals surface area (Å²) in [6, 6.07) is 0. The van der Waals surface area contributed by atoms with E-state index in [1.54, 1.807) is 0 Å². The summed E-state index contributed by atoms with van der Waals surface area (Å²) in [6.45, 7) is 4.56. The number of nitrogens with one attached hydrogen (secondary N) is 1. The number of ether oxygens (including phenoxy) is 1. The van der Waals surface area contributed by atoms with Crippen molar-refractivity contribution in [1.82, 2.24) is 4.72 Å². The molecule has 0 unspecified atom stereocenters. The number of hydrogen-bond donors (Lipinski definition) is 1. The highest BCUT2D eigenvalue weighted by atomic mass is 32.2. The van der Waals surface area contributed by atoms with Gasteiger partial charge < -0.3 is 4.74 Å². The fourth-order valence-corrected chi connectivity index (χ4v) is 2.56. The van der Waals surface area contributed by atoms with Gasteiger partial charge in [0, 0.05) is 13.0 Å². The molecule has 0 amide bonds. The molecule has 0 heterocycles. The van der Waals surface area contributed by atoms with E-state index in [4.69, 9.17) is 0 Å². The first kappa shape index (κ1) is 16.4. The average Bonchev–Trinajstić information content (AvgIpc) is 2.29. The van der Waals surface area contributed by atoms with Gasteiger partial charge >= 0.3 is 5.97 Å². The topological polar surface area (TPSA) is 72.5 Å². The smallest absolute Gasteiger partial charge is 0.305 e. The Morgan fingerprint density at radius 2 is 1.88 bits per heavy atom. The molecule has 0 saturated heterocycles. The van der Waals surface area contributed by atoms with Crippen molar-refractivity contribution in [3.05, 3.63) is 0 Å². The Labute approximate surface area is 104 Å². The predicted octanol–water partition coefficient (Wildman–Crippen LogP) is 1.30. The Hall–Kier alpha value is -0.620. The van der Waals surface area contributed by atoms with Gasteiger partial charge in [-0.25, -0.2) is 13.1 Å². The summed E-state index contributed by atoms with van der Waals surface area (Å²) < 4.78 is 30.2. The van der Waals surface area contributed by atoms with Crippen LogP contribution in [0.25, 0.3) is 0 Å². The standard InChI is InChI=1S/C11H23NO4S/c1-4-10(5-2)9-12-17(14,15)8-6-7-11(13)16-3/h10,12H,4-9H2,1-3H3. The van der Waals surface area contributed by atoms with E-state index < -0.39 is 10.0 Å². The van der Waals surface area contributed by atoms with Crippen LogP contribution in [0.4, 0.5) is 0 Å². The van der Waals surface area contributed by atoms with Crippen molar-refractivity contribution in [2.75, 3.05) is 19.4 Å². The van der Waals surface area contributed by atoms with E-state index in [9.17, 15) is 13.2 Å². The predicted molar refractivity (Wildman–Crippen MR) is 67.1 cm³/mol. The van der Waals surface area contributed by atoms with Gasteiger partial charge in [0.2, 0.25) is 10.0 Å². The van der Waals surface area contributed by atoms with Crippen molar-refractivity contribution in [3.8, 4) is 0 Å². The van der Waals surface area contributed by atoms with Crippen LogP contribution in [-0.4, -0.2) is 33.8 Å². The number of sulfonamides is 1. The minimum atomic E-state index is -3.26. The van der Waals surface area contributed by atoms with Crippen molar-refractivity contribution < 1.29 is 17.9 Å². The maximum atomic E-state index is 11.6. The van der Waals surface area contributed by atoms with Gasteiger partial charge in [-0.1, -0.05) is 26.7 Å². The lowest BCUT2D eigenvalue weighted by atomic mass is 10.0. The zero-order chi connectivity index (χ0) is 13.3. The van der Waals surface area contributed by atoms with Crippen LogP contribution in [0, 0.1) is 5.92 Å². The molecule has 0 rings (SSSR count). The van der Waals surface area contributed by atoms with Crippen LogP contribution in [0.3, 0.4) is 0 Å². The molecule has 17 heavy (non-hydrogen) atoms. The number of carbonyl (C=O) groups is 1. The van der Waals surface area contributed by atoms with Crippen molar-refractivity contribution >= 4 is 16.0 Å². The third-order valence-electron chi connectivity index (χ3n) is 2.77. The van der Waals surface area contributed by atoms with E-state index in [1.807, 2.05) is 13.8 Å². The van der Waals surface area contributed by atoms with Crippen molar-refractivity contribution in [2.24, 2.45) is 5.92 Å². The molecule has 0 aliphatic rings. The summed E-state index contributed by atoms with van der Waals surface area (Å²) in [4.78, 5) is 10.8. The molecule has 0 saturated carbocycles. The van der Waals surface area contributed by atoms with Crippen LogP contribution in [-0.2, 0) is 19.6 Å². The molecule has 0 aliphatic carbocycles. The van der Waals surface area contributed by atoms with E-state index in [-0.39, 0.29) is 18.1 Å². The van der Waals surface area contributed by atoms with Gasteiger partial charge in [-0.05, 0) is 12.3 Å². The van der Waals surface area contributed by atoms with Crippen LogP contribution in [0.2, 0.25) is 0 Å². The number of esters is 1. The molecule has 1 N–H and O–H groups in total. The molecule has 6 heteroatoms. The molecule has 0 aromatic heterocycles. The Kier molecular flexibility index (Phi) is 8.16. The number of rotatable bonds is 9. The van der Waals surface area contributed by atoms with Gasteiger partial charge in [0.25, 0.3) is 0 Å². The summed E-state index contributed by atoms with van der Waals surface area (Å²) in [5.41, 5.74) is 0. The molecular weight excluding hydrogens is 242 g/mol. The molecular formula is C11H23NO4S. The third-order valence-corrected chi connectivity index (χ3v) is 4.20. The molecule has 0 radical (unpaired) electrons. The summed E-state index contributed by atoms with van der Waals surface area (Å²) in [5, 5.41) is 0. The number of methoxy groups -OCH3 is 1. The summed E-state index contributed by atoms with van der Waals surface area (Å²) in [6.07, 6.45) is 2.36. The molecule has 0 aliphatic heterocycles. The Balaban J connectivity index is 3.92. The monoisotopic (exact) mass is 265 g/mol. The van der Waals surface area contributed by atoms with Gasteiger partial charge in [-0.3, -0.25) is 4.79 Å². The van der Waals surface area contributed by atoms with Crippen molar-refractivity contribution in [2.45, 2.75) is 39.5 Å². The van der Waals surface area contributed by atoms with Crippen LogP contribution >= 0.6 is 0 Å². The highest BCUT2D eigenvalue weighted by molar-refractivity contribution is 7.89. The normalized spacial score (nSPS) is 11.8. The lowest BCUT2D eigenvalue weighted by molar-refractivity contribution is -0.140. The van der Waals surface area contributed by atoms with Gasteiger partial charge in [-0.2, -0.15) is 0 Å². The van der Waals surface area contributed by atoms with Crippen LogP contribution < -0.4 is 4.72 Å². The molecule has 102 valence electrons. The number of hydrogen-bond acceptors (Lipinski definition) is 4. The molecule has 0 spiro atoms. The molecule has 0 atom stereocenters. The second-order valence-electron chi connectivity index (χ2n) is 4.03. The van der Waals surface area contributed by atoms with Gasteiger partial charge in [0.15, 0.2) is 0 Å². The van der Waals surface area contributed by atoms with E-state index in [2.05, 4.69) is 9.46 Å². The molecule has 5 nitrogen and oxygen atoms in total. The van der Waals surface area contributed by atoms with Crippen LogP contribution in [0.5, 0.6) is 0 Å². The van der Waals surface area contributed by atoms with Crippen molar-refractivity contribution in [1.29, 1.82) is 0 Å². The molecule has 0 aromatic rings. The van der Waals surface area contributed by atoms with Gasteiger partial charge in [-0.15, -0.1) is 0 Å². The fourth-order valence-electron chi connectivity index (χ4n) is 1.40. The van der Waals surface area contributed by atoms with E-state index in [1.165, 1.54) is 7.11 Å². The first-order valence-electron chi connectivity index (χ1n) is 5.99. The molecule has 0 bridgehead atoms. The second-order valence-corrected chi connectivity index (χ2v) is 5.96. The third kappa shape index (κ3) is 8.15. The average molecular weight is 265 g/mol. The molecule has 0 fully saturated rings. The highest BCUT2D eigenvalue weighted by Gasteiger charge is 2.13. The van der Waals surface area contributed by atoms with E-state index in [0.29, 0.717) is 18.9 Å². The van der Waals surface area contributed by atoms with Gasteiger partial charge in [0.1, 0.15) is 0 Å². The lowest BCUT2D eigenvalue weighted by Gasteiger charge is -2.13. The van der Waals surface area contributed by atoms with Crippen LogP contribution in [0.15, 0.2) is 0 Å². The van der Waals surface area contributed by atoms with Gasteiger partial charge in [0.05, 0.1) is 12.9 Å². The number of carbonyl (C=O) groups excluding carboxylic acids is 1. The van der Waals surface area contributed by atoms with Crippen molar-refractivity contribution in [3.63, 3.8) is 0 Å². The van der Waals surface area contributed by atoms with E-state index in [0.717, 1.165) is 12.8 Å². The first-order chi connectivity index (χ1) is 7.95. The summed E-state index contributed by atoms with van der Waals surface area (Å²) >= 11 is 0. The highest BCUT2D eigenvalue weighted by Crippen LogP contribution is 2.06. The van der Waals surface area contributed by atoms with Crippen LogP contribution in [0.1, 0.15) is 39.5 Å². The Bertz CT molecular complexity index is 309. The summed E-state index contributed by atoms with van der Waals surface area (Å²) in [7, 11) is -1.96. The SMILES string of the molecule is CCC(CC)CNS(=O)(=O)CCCC(=O)OC. The zero-order valence-electron chi connectivity index (χ0n) is 10.9. The zero-order valence-corrected chi connectivity index (χ0v) is 11.7. The Morgan fingerprint density at radius 1 is 1.29 bits per heavy atom. The molecule has 0 aromatic carbocycles. The summed E-state index contributed by atoms with van der Waals surface area (Å²) in [5.74, 6) is -0.0204. The Morgan fingerprint density at radius 3 is 2.35 bits per heavy atom. The maximum Gasteiger partial charge on any atom is 0.305 e. The first-order valence-corrected chi connectivity index (χ1v) is 7.64. The minimum Gasteiger partial charge on any atom is -0.469 e.